The number of hydrogen-bond acceptors (Lipinski definition) is 5. The Balaban J connectivity index is 1.61. The minimum absolute atomic E-state index is 0.0108. The van der Waals surface area contributed by atoms with E-state index in [4.69, 9.17) is 25.5 Å². The van der Waals surface area contributed by atoms with Gasteiger partial charge in [-0.1, -0.05) is 18.0 Å². The highest BCUT2D eigenvalue weighted by atomic mass is 35.5. The number of carbonyl (C=O) groups excluding carboxylic acids is 1. The Labute approximate surface area is 138 Å². The average molecular weight is 337 g/mol. The second-order valence-corrected chi connectivity index (χ2v) is 6.02. The third kappa shape index (κ3) is 3.85. The monoisotopic (exact) mass is 336 g/mol. The van der Waals surface area contributed by atoms with E-state index in [0.29, 0.717) is 16.7 Å². The van der Waals surface area contributed by atoms with Crippen LogP contribution in [0.1, 0.15) is 32.1 Å². The van der Waals surface area contributed by atoms with Gasteiger partial charge in [-0.15, -0.1) is 0 Å². The van der Waals surface area contributed by atoms with Crippen LogP contribution in [0.5, 0.6) is 5.75 Å². The van der Waals surface area contributed by atoms with E-state index >= 15 is 0 Å². The molecule has 1 aliphatic rings. The molecule has 3 rings (SSSR count). The van der Waals surface area contributed by atoms with Crippen molar-refractivity contribution in [3.05, 3.63) is 39.7 Å². The normalized spacial score (nSPS) is 15.5. The molecule has 1 fully saturated rings. The molecule has 1 saturated carbocycles. The predicted molar refractivity (Wildman–Crippen MR) is 86.0 cm³/mol. The van der Waals surface area contributed by atoms with E-state index in [1.54, 1.807) is 18.2 Å². The van der Waals surface area contributed by atoms with Crippen molar-refractivity contribution in [2.24, 2.45) is 0 Å². The van der Waals surface area contributed by atoms with E-state index in [-0.39, 0.29) is 29.1 Å². The number of fused-ring (bicyclic) bond motifs is 1. The van der Waals surface area contributed by atoms with Crippen LogP contribution in [-0.4, -0.2) is 18.7 Å². The summed E-state index contributed by atoms with van der Waals surface area (Å²) in [5.74, 6) is 0.0538. The van der Waals surface area contributed by atoms with Crippen LogP contribution in [0.3, 0.4) is 0 Å². The van der Waals surface area contributed by atoms with E-state index < -0.39 is 0 Å². The van der Waals surface area contributed by atoms with E-state index in [1.807, 2.05) is 0 Å². The summed E-state index contributed by atoms with van der Waals surface area (Å²) in [6.45, 7) is -0.167. The van der Waals surface area contributed by atoms with Gasteiger partial charge in [-0.05, 0) is 37.8 Å². The molecule has 0 radical (unpaired) electrons. The summed E-state index contributed by atoms with van der Waals surface area (Å²) in [4.78, 5) is 23.6. The summed E-state index contributed by atoms with van der Waals surface area (Å²) in [5, 5.41) is 0.400. The van der Waals surface area contributed by atoms with Gasteiger partial charge in [0.1, 0.15) is 28.7 Å². The first kappa shape index (κ1) is 15.9. The summed E-state index contributed by atoms with van der Waals surface area (Å²) in [6.07, 6.45) is 6.46. The molecule has 0 amide bonds. The summed E-state index contributed by atoms with van der Waals surface area (Å²) >= 11 is 5.72. The minimum Gasteiger partial charge on any atom is -0.482 e. The van der Waals surface area contributed by atoms with Crippen LogP contribution in [0.25, 0.3) is 11.0 Å². The van der Waals surface area contributed by atoms with Crippen LogP contribution < -0.4 is 10.2 Å². The maximum absolute atomic E-state index is 11.8. The molecule has 23 heavy (non-hydrogen) atoms. The van der Waals surface area contributed by atoms with Crippen molar-refractivity contribution in [3.63, 3.8) is 0 Å². The lowest BCUT2D eigenvalue weighted by molar-refractivity contribution is -0.152. The van der Waals surface area contributed by atoms with Gasteiger partial charge in [0, 0.05) is 6.07 Å². The quantitative estimate of drug-likeness (QED) is 0.796. The fourth-order valence-corrected chi connectivity index (χ4v) is 2.87. The van der Waals surface area contributed by atoms with Gasteiger partial charge >= 0.3 is 5.97 Å². The molecule has 0 bridgehead atoms. The van der Waals surface area contributed by atoms with Gasteiger partial charge in [-0.3, -0.25) is 4.79 Å². The molecule has 0 spiro atoms. The second kappa shape index (κ2) is 7.04. The van der Waals surface area contributed by atoms with Gasteiger partial charge in [0.05, 0.1) is 5.39 Å². The van der Waals surface area contributed by atoms with Gasteiger partial charge < -0.3 is 13.9 Å². The molecule has 1 aromatic heterocycles. The van der Waals surface area contributed by atoms with Gasteiger partial charge in [-0.2, -0.15) is 0 Å². The maximum Gasteiger partial charge on any atom is 0.344 e. The number of rotatable bonds is 4. The fraction of sp³-hybridized carbons (Fsp3) is 0.412. The van der Waals surface area contributed by atoms with Crippen molar-refractivity contribution < 1.29 is 18.7 Å². The molecule has 6 heteroatoms. The van der Waals surface area contributed by atoms with Crippen molar-refractivity contribution in [2.45, 2.75) is 38.2 Å². The average Bonchev–Trinajstić information content (AvgIpc) is 2.57. The SMILES string of the molecule is O=C(COc1ccc2c(=O)c(Cl)coc2c1)OC1CCCCC1. The first-order valence-corrected chi connectivity index (χ1v) is 8.04. The highest BCUT2D eigenvalue weighted by Gasteiger charge is 2.18. The van der Waals surface area contributed by atoms with Crippen molar-refractivity contribution >= 4 is 28.5 Å². The highest BCUT2D eigenvalue weighted by molar-refractivity contribution is 6.30. The summed E-state index contributed by atoms with van der Waals surface area (Å²) in [7, 11) is 0. The Kier molecular flexibility index (Phi) is 4.86. The molecule has 122 valence electrons. The second-order valence-electron chi connectivity index (χ2n) is 5.61. The predicted octanol–water partition coefficient (Wildman–Crippen LogP) is 3.70. The van der Waals surface area contributed by atoms with Crippen molar-refractivity contribution in [1.82, 2.24) is 0 Å². The lowest BCUT2D eigenvalue weighted by Gasteiger charge is -2.21. The molecule has 0 unspecified atom stereocenters. The van der Waals surface area contributed by atoms with Gasteiger partial charge in [0.25, 0.3) is 0 Å². The molecule has 0 aliphatic heterocycles. The number of ether oxygens (including phenoxy) is 2. The van der Waals surface area contributed by atoms with Crippen LogP contribution >= 0.6 is 11.6 Å². The zero-order valence-electron chi connectivity index (χ0n) is 12.5. The third-order valence-electron chi connectivity index (χ3n) is 3.91. The standard InChI is InChI=1S/C17H17ClO5/c18-14-9-22-15-8-12(6-7-13(15)17(14)20)21-10-16(19)23-11-4-2-1-3-5-11/h6-9,11H,1-5,10H2. The van der Waals surface area contributed by atoms with Crippen LogP contribution in [-0.2, 0) is 9.53 Å². The van der Waals surface area contributed by atoms with Gasteiger partial charge in [-0.25, -0.2) is 4.79 Å². The number of benzene rings is 1. The molecule has 0 saturated heterocycles. The first-order valence-electron chi connectivity index (χ1n) is 7.67. The molecular weight excluding hydrogens is 320 g/mol. The van der Waals surface area contributed by atoms with E-state index in [9.17, 15) is 9.59 Å². The van der Waals surface area contributed by atoms with Crippen LogP contribution in [0.4, 0.5) is 0 Å². The smallest absolute Gasteiger partial charge is 0.344 e. The van der Waals surface area contributed by atoms with Crippen molar-refractivity contribution in [1.29, 1.82) is 0 Å². The molecule has 1 aliphatic carbocycles. The number of halogens is 1. The third-order valence-corrected chi connectivity index (χ3v) is 4.17. The number of hydrogen-bond donors (Lipinski definition) is 0. The molecule has 1 heterocycles. The molecule has 1 aromatic carbocycles. The van der Waals surface area contributed by atoms with E-state index in [0.717, 1.165) is 25.7 Å². The Morgan fingerprint density at radius 3 is 2.83 bits per heavy atom. The van der Waals surface area contributed by atoms with Crippen LogP contribution in [0, 0.1) is 0 Å². The van der Waals surface area contributed by atoms with Crippen LogP contribution in [0.15, 0.2) is 33.7 Å². The Bertz CT molecular complexity index is 761. The van der Waals surface area contributed by atoms with Gasteiger partial charge in [0.2, 0.25) is 5.43 Å². The molecule has 5 nitrogen and oxygen atoms in total. The Morgan fingerprint density at radius 1 is 1.26 bits per heavy atom. The number of carbonyl (C=O) groups is 1. The van der Waals surface area contributed by atoms with E-state index in [2.05, 4.69) is 0 Å². The Hall–Kier alpha value is -2.01. The molecule has 2 aromatic rings. The number of esters is 1. The van der Waals surface area contributed by atoms with Crippen LogP contribution in [0.2, 0.25) is 5.02 Å². The summed E-state index contributed by atoms with van der Waals surface area (Å²) in [6, 6.07) is 4.72. The first-order chi connectivity index (χ1) is 11.1. The summed E-state index contributed by atoms with van der Waals surface area (Å²) in [5.41, 5.74) is 0.0636. The fourth-order valence-electron chi connectivity index (χ4n) is 2.72. The summed E-state index contributed by atoms with van der Waals surface area (Å²) < 4.78 is 16.1. The molecule has 0 atom stereocenters. The molecular formula is C17H17ClO5. The minimum atomic E-state index is -0.380. The lowest BCUT2D eigenvalue weighted by atomic mass is 9.98. The zero-order chi connectivity index (χ0) is 16.2. The van der Waals surface area contributed by atoms with Crippen molar-refractivity contribution in [2.75, 3.05) is 6.61 Å². The maximum atomic E-state index is 11.8. The molecule has 0 N–H and O–H groups in total. The Morgan fingerprint density at radius 2 is 2.04 bits per heavy atom. The topological polar surface area (TPSA) is 65.7 Å². The largest absolute Gasteiger partial charge is 0.482 e. The lowest BCUT2D eigenvalue weighted by Crippen LogP contribution is -2.24. The highest BCUT2D eigenvalue weighted by Crippen LogP contribution is 2.22. The van der Waals surface area contributed by atoms with Crippen molar-refractivity contribution in [3.8, 4) is 5.75 Å². The van der Waals surface area contributed by atoms with E-state index in [1.165, 1.54) is 12.7 Å². The zero-order valence-corrected chi connectivity index (χ0v) is 13.3. The van der Waals surface area contributed by atoms with Gasteiger partial charge in [0.15, 0.2) is 6.61 Å².